The molecule has 0 aromatic heterocycles. The van der Waals surface area contributed by atoms with E-state index in [-0.39, 0.29) is 16.9 Å². The summed E-state index contributed by atoms with van der Waals surface area (Å²) in [4.78, 5) is 11.9. The first-order valence-electron chi connectivity index (χ1n) is 6.77. The lowest BCUT2D eigenvalue weighted by Gasteiger charge is -2.28. The van der Waals surface area contributed by atoms with Crippen LogP contribution in [0, 0.1) is 5.92 Å². The zero-order valence-electron chi connectivity index (χ0n) is 12.5. The molecule has 0 saturated heterocycles. The topological polar surface area (TPSA) is 53.2 Å². The van der Waals surface area contributed by atoms with Crippen molar-refractivity contribution in [2.45, 2.75) is 30.2 Å². The molecule has 0 fully saturated rings. The molecule has 0 saturated carbocycles. The van der Waals surface area contributed by atoms with E-state index in [1.807, 2.05) is 38.1 Å². The lowest BCUT2D eigenvalue weighted by atomic mass is 10.1. The first-order chi connectivity index (χ1) is 10.6. The minimum atomic E-state index is -1.76. The summed E-state index contributed by atoms with van der Waals surface area (Å²) in [5, 5.41) is 8.64. The highest BCUT2D eigenvalue weighted by Crippen LogP contribution is 2.29. The summed E-state index contributed by atoms with van der Waals surface area (Å²) in [5.41, 5.74) is 0.751. The zero-order valence-corrected chi connectivity index (χ0v) is 17.2. The maximum Gasteiger partial charge on any atom is 0.228 e. The van der Waals surface area contributed by atoms with Crippen molar-refractivity contribution in [3.8, 4) is 0 Å². The summed E-state index contributed by atoms with van der Waals surface area (Å²) in [7, 11) is 0. The van der Waals surface area contributed by atoms with Crippen LogP contribution in [0.1, 0.15) is 20.3 Å². The third-order valence-electron chi connectivity index (χ3n) is 2.62. The molecule has 0 unspecified atom stereocenters. The maximum atomic E-state index is 11.9. The zero-order chi connectivity index (χ0) is 17.6. The number of amides is 1. The monoisotopic (exact) mass is 459 g/mol. The van der Waals surface area contributed by atoms with Gasteiger partial charge in [0.15, 0.2) is 5.11 Å². The Balaban J connectivity index is 2.72. The molecular weight excluding hydrogens is 445 g/mol. The van der Waals surface area contributed by atoms with Crippen LogP contribution in [-0.4, -0.2) is 21.0 Å². The van der Waals surface area contributed by atoms with Crippen molar-refractivity contribution in [3.05, 3.63) is 28.7 Å². The summed E-state index contributed by atoms with van der Waals surface area (Å²) >= 11 is 26.4. The van der Waals surface area contributed by atoms with Gasteiger partial charge in [-0.2, -0.15) is 0 Å². The molecule has 128 valence electrons. The average Bonchev–Trinajstić information content (AvgIpc) is 2.38. The molecule has 0 radical (unpaired) electrons. The Morgan fingerprint density at radius 1 is 1.26 bits per heavy atom. The third-order valence-corrected chi connectivity index (χ3v) is 4.19. The first kappa shape index (κ1) is 20.8. The normalized spacial score (nSPS) is 12.7. The molecule has 0 aliphatic rings. The molecule has 1 aromatic rings. The number of thiocarbonyl (C=S) groups is 1. The fourth-order valence-corrected chi connectivity index (χ4v) is 2.58. The summed E-state index contributed by atoms with van der Waals surface area (Å²) in [6.07, 6.45) is -0.634. The fourth-order valence-electron chi connectivity index (χ4n) is 1.64. The number of nitrogens with one attached hydrogen (secondary N) is 3. The van der Waals surface area contributed by atoms with Crippen LogP contribution in [0.25, 0.3) is 0 Å². The number of carbonyl (C=O) groups excluding carboxylic acids is 1. The molecular formula is C14H17BrCl3N3OS. The van der Waals surface area contributed by atoms with Gasteiger partial charge >= 0.3 is 0 Å². The van der Waals surface area contributed by atoms with Gasteiger partial charge in [-0.3, -0.25) is 4.79 Å². The molecule has 0 bridgehead atoms. The van der Waals surface area contributed by atoms with Crippen molar-refractivity contribution < 1.29 is 4.79 Å². The maximum absolute atomic E-state index is 11.9. The van der Waals surface area contributed by atoms with Crippen molar-refractivity contribution in [1.29, 1.82) is 0 Å². The number of para-hydroxylation sites is 1. The molecule has 0 spiro atoms. The standard InChI is InChI=1S/C14H17BrCl3N3OS/c1-8(2)7-11(22)20-12(14(16,17)18)21-13(23)19-10-6-4-3-5-9(10)15/h3-6,8,12H,7H2,1-2H3,(H,20,22)(H2,19,21,23)/t12-/m0/s1. The smallest absolute Gasteiger partial charge is 0.228 e. The van der Waals surface area contributed by atoms with Crippen LogP contribution >= 0.6 is 63.0 Å². The van der Waals surface area contributed by atoms with Gasteiger partial charge < -0.3 is 16.0 Å². The lowest BCUT2D eigenvalue weighted by Crippen LogP contribution is -2.56. The molecule has 0 heterocycles. The summed E-state index contributed by atoms with van der Waals surface area (Å²) < 4.78 is -0.926. The van der Waals surface area contributed by atoms with Crippen LogP contribution in [0.3, 0.4) is 0 Å². The van der Waals surface area contributed by atoms with Crippen LogP contribution in [-0.2, 0) is 4.79 Å². The quantitative estimate of drug-likeness (QED) is 0.341. The molecule has 1 aromatic carbocycles. The summed E-state index contributed by atoms with van der Waals surface area (Å²) in [6, 6.07) is 7.43. The van der Waals surface area contributed by atoms with Crippen molar-refractivity contribution in [2.24, 2.45) is 5.92 Å². The van der Waals surface area contributed by atoms with E-state index >= 15 is 0 Å². The molecule has 3 N–H and O–H groups in total. The highest BCUT2D eigenvalue weighted by atomic mass is 79.9. The van der Waals surface area contributed by atoms with Gasteiger partial charge in [0.25, 0.3) is 0 Å². The van der Waals surface area contributed by atoms with E-state index in [1.54, 1.807) is 0 Å². The Labute approximate surface area is 164 Å². The van der Waals surface area contributed by atoms with E-state index in [0.29, 0.717) is 6.42 Å². The number of halogens is 4. The van der Waals surface area contributed by atoms with E-state index in [9.17, 15) is 4.79 Å². The number of benzene rings is 1. The molecule has 9 heteroatoms. The van der Waals surface area contributed by atoms with Crippen molar-refractivity contribution >= 4 is 79.7 Å². The molecule has 4 nitrogen and oxygen atoms in total. The number of rotatable bonds is 5. The van der Waals surface area contributed by atoms with Gasteiger partial charge in [-0.05, 0) is 46.2 Å². The Kier molecular flexibility index (Phi) is 8.38. The van der Waals surface area contributed by atoms with Crippen LogP contribution < -0.4 is 16.0 Å². The second-order valence-electron chi connectivity index (χ2n) is 5.22. The van der Waals surface area contributed by atoms with Gasteiger partial charge in [0.2, 0.25) is 9.70 Å². The number of hydrogen-bond acceptors (Lipinski definition) is 2. The van der Waals surface area contributed by atoms with E-state index in [0.717, 1.165) is 10.2 Å². The van der Waals surface area contributed by atoms with E-state index in [1.165, 1.54) is 0 Å². The largest absolute Gasteiger partial charge is 0.339 e. The minimum absolute atomic E-state index is 0.191. The second-order valence-corrected chi connectivity index (χ2v) is 8.85. The minimum Gasteiger partial charge on any atom is -0.339 e. The van der Waals surface area contributed by atoms with Crippen LogP contribution in [0.2, 0.25) is 0 Å². The van der Waals surface area contributed by atoms with Crippen LogP contribution in [0.15, 0.2) is 28.7 Å². The van der Waals surface area contributed by atoms with Gasteiger partial charge in [-0.1, -0.05) is 60.8 Å². The van der Waals surface area contributed by atoms with Gasteiger partial charge in [0.05, 0.1) is 5.69 Å². The Bertz CT molecular complexity index is 566. The fraction of sp³-hybridized carbons (Fsp3) is 0.429. The van der Waals surface area contributed by atoms with Crippen LogP contribution in [0.5, 0.6) is 0 Å². The van der Waals surface area contributed by atoms with E-state index < -0.39 is 9.96 Å². The molecule has 0 aliphatic carbocycles. The van der Waals surface area contributed by atoms with E-state index in [4.69, 9.17) is 47.0 Å². The van der Waals surface area contributed by atoms with Crippen molar-refractivity contribution in [3.63, 3.8) is 0 Å². The molecule has 1 rings (SSSR count). The van der Waals surface area contributed by atoms with Crippen molar-refractivity contribution in [1.82, 2.24) is 10.6 Å². The number of anilines is 1. The summed E-state index contributed by atoms with van der Waals surface area (Å²) in [6.45, 7) is 3.85. The van der Waals surface area contributed by atoms with Gasteiger partial charge in [0, 0.05) is 10.9 Å². The Morgan fingerprint density at radius 2 is 1.87 bits per heavy atom. The third kappa shape index (κ3) is 7.90. The number of alkyl halides is 3. The van der Waals surface area contributed by atoms with E-state index in [2.05, 4.69) is 31.9 Å². The van der Waals surface area contributed by atoms with Gasteiger partial charge in [-0.25, -0.2) is 0 Å². The highest BCUT2D eigenvalue weighted by Gasteiger charge is 2.34. The number of carbonyl (C=O) groups is 1. The number of hydrogen-bond donors (Lipinski definition) is 3. The Morgan fingerprint density at radius 3 is 2.39 bits per heavy atom. The lowest BCUT2D eigenvalue weighted by molar-refractivity contribution is -0.122. The predicted molar refractivity (Wildman–Crippen MR) is 105 cm³/mol. The molecule has 1 amide bonds. The molecule has 1 atom stereocenters. The molecule has 23 heavy (non-hydrogen) atoms. The van der Waals surface area contributed by atoms with Gasteiger partial charge in [0.1, 0.15) is 6.17 Å². The molecule has 0 aliphatic heterocycles. The Hall–Kier alpha value is -0.270. The second kappa shape index (κ2) is 9.28. The summed E-state index contributed by atoms with van der Waals surface area (Å²) in [5.74, 6) is -0.0381. The first-order valence-corrected chi connectivity index (χ1v) is 9.11. The SMILES string of the molecule is CC(C)CC(=O)N[C@@H](NC(=S)Nc1ccccc1Br)C(Cl)(Cl)Cl. The van der Waals surface area contributed by atoms with Crippen LogP contribution in [0.4, 0.5) is 5.69 Å². The van der Waals surface area contributed by atoms with Gasteiger partial charge in [-0.15, -0.1) is 0 Å². The van der Waals surface area contributed by atoms with Crippen molar-refractivity contribution in [2.75, 3.05) is 5.32 Å². The average molecular weight is 462 g/mol. The highest BCUT2D eigenvalue weighted by molar-refractivity contribution is 9.10. The predicted octanol–water partition coefficient (Wildman–Crippen LogP) is 4.59.